The number of para-hydroxylation sites is 2. The minimum Gasteiger partial charge on any atom is -0.309 e. The number of alkyl halides is 6. The summed E-state index contributed by atoms with van der Waals surface area (Å²) in [6, 6.07) is 41.2. The minimum absolute atomic E-state index is 0.0857. The molecule has 0 unspecified atom stereocenters. The van der Waals surface area contributed by atoms with E-state index in [-0.39, 0.29) is 17.2 Å². The SMILES string of the molecule is [C-]#[N+]c1ccc2c(c1)c1ccccc1n2-c1ccc(-c2cc(C(F)(F)F)cc(C(F)(F)F)c2)cc1-c1ccc(C#N)cc1-n1c2ccccc2c2cc(C#N)ccc21. The van der Waals surface area contributed by atoms with Crippen molar-refractivity contribution in [3.05, 3.63) is 173 Å². The van der Waals surface area contributed by atoms with Gasteiger partial charge in [0.1, 0.15) is 0 Å². The summed E-state index contributed by atoms with van der Waals surface area (Å²) in [5, 5.41) is 23.1. The fourth-order valence-corrected chi connectivity index (χ4v) is 7.85. The molecule has 7 aromatic carbocycles. The second-order valence-electron chi connectivity index (χ2n) is 13.7. The Hall–Kier alpha value is -7.81. The number of nitriles is 2. The van der Waals surface area contributed by atoms with Crippen molar-refractivity contribution in [2.24, 2.45) is 0 Å². The van der Waals surface area contributed by atoms with Gasteiger partial charge in [-0.2, -0.15) is 36.9 Å². The molecule has 2 heterocycles. The van der Waals surface area contributed by atoms with Crippen LogP contribution in [0.2, 0.25) is 0 Å². The van der Waals surface area contributed by atoms with Crippen molar-refractivity contribution in [1.82, 2.24) is 9.13 Å². The zero-order valence-electron chi connectivity index (χ0n) is 29.8. The van der Waals surface area contributed by atoms with Gasteiger partial charge in [0.05, 0.1) is 74.4 Å². The molecule has 11 heteroatoms. The van der Waals surface area contributed by atoms with Crippen LogP contribution in [0.1, 0.15) is 22.3 Å². The number of rotatable bonds is 4. The topological polar surface area (TPSA) is 61.8 Å². The number of fused-ring (bicyclic) bond motifs is 6. The lowest BCUT2D eigenvalue weighted by atomic mass is 9.93. The molecule has 0 N–H and O–H groups in total. The molecule has 9 rings (SSSR count). The Labute approximate surface area is 325 Å². The van der Waals surface area contributed by atoms with E-state index in [1.807, 2.05) is 63.7 Å². The lowest BCUT2D eigenvalue weighted by Gasteiger charge is -2.20. The Morgan fingerprint density at radius 1 is 0.466 bits per heavy atom. The number of halogens is 6. The summed E-state index contributed by atoms with van der Waals surface area (Å²) in [5.74, 6) is 0. The molecule has 0 saturated heterocycles. The Bertz CT molecular complexity index is 3280. The molecule has 0 atom stereocenters. The molecule has 0 amide bonds. The van der Waals surface area contributed by atoms with E-state index in [0.29, 0.717) is 62.5 Å². The van der Waals surface area contributed by atoms with Crippen LogP contribution in [-0.4, -0.2) is 9.13 Å². The van der Waals surface area contributed by atoms with Crippen LogP contribution >= 0.6 is 0 Å². The van der Waals surface area contributed by atoms with Gasteiger partial charge >= 0.3 is 12.4 Å². The molecule has 58 heavy (non-hydrogen) atoms. The molecular weight excluding hydrogens is 749 g/mol. The van der Waals surface area contributed by atoms with E-state index in [2.05, 4.69) is 17.0 Å². The molecular formula is C47H23F6N5. The van der Waals surface area contributed by atoms with Crippen molar-refractivity contribution in [1.29, 1.82) is 10.5 Å². The summed E-state index contributed by atoms with van der Waals surface area (Å²) in [5.41, 5.74) is 2.91. The van der Waals surface area contributed by atoms with E-state index >= 15 is 0 Å². The summed E-state index contributed by atoms with van der Waals surface area (Å²) in [6.45, 7) is 7.66. The molecule has 0 fully saturated rings. The highest BCUT2D eigenvalue weighted by Crippen LogP contribution is 2.45. The fourth-order valence-electron chi connectivity index (χ4n) is 7.85. The highest BCUT2D eigenvalue weighted by molar-refractivity contribution is 6.12. The number of hydrogen-bond acceptors (Lipinski definition) is 2. The summed E-state index contributed by atoms with van der Waals surface area (Å²) in [4.78, 5) is 3.62. The molecule has 0 bridgehead atoms. The lowest BCUT2D eigenvalue weighted by molar-refractivity contribution is -0.143. The molecule has 9 aromatic rings. The molecule has 0 aliphatic heterocycles. The van der Waals surface area contributed by atoms with Crippen LogP contribution in [0.5, 0.6) is 0 Å². The van der Waals surface area contributed by atoms with Crippen molar-refractivity contribution in [3.8, 4) is 45.8 Å². The van der Waals surface area contributed by atoms with Gasteiger partial charge in [-0.15, -0.1) is 0 Å². The standard InChI is InChI=1S/C47H23F6N5/c1-56-33-13-17-44-39(24-33)35-7-3-4-8-40(35)57(44)43-16-12-29(30-20-31(46(48,49)50)23-32(21-30)47(51,52)53)22-38(43)36-14-10-28(26-55)19-45(36)58-41-9-5-2-6-34(41)37-18-27(25-54)11-15-42(37)58/h2-24H. The van der Waals surface area contributed by atoms with Crippen LogP contribution in [0, 0.1) is 29.2 Å². The van der Waals surface area contributed by atoms with Gasteiger partial charge in [-0.25, -0.2) is 4.85 Å². The van der Waals surface area contributed by atoms with Gasteiger partial charge in [-0.3, -0.25) is 0 Å². The largest absolute Gasteiger partial charge is 0.416 e. The first-order valence-corrected chi connectivity index (χ1v) is 17.7. The van der Waals surface area contributed by atoms with Crippen molar-refractivity contribution < 1.29 is 26.3 Å². The van der Waals surface area contributed by atoms with Gasteiger partial charge in [0, 0.05) is 27.3 Å². The highest BCUT2D eigenvalue weighted by atomic mass is 19.4. The predicted octanol–water partition coefficient (Wildman–Crippen LogP) is 13.5. The van der Waals surface area contributed by atoms with E-state index in [1.165, 1.54) is 6.07 Å². The van der Waals surface area contributed by atoms with Crippen LogP contribution in [0.15, 0.2) is 140 Å². The minimum atomic E-state index is -5.06. The normalized spacial score (nSPS) is 11.9. The van der Waals surface area contributed by atoms with Crippen LogP contribution in [-0.2, 0) is 12.4 Å². The number of nitrogens with zero attached hydrogens (tertiary/aromatic N) is 5. The van der Waals surface area contributed by atoms with Crippen LogP contribution < -0.4 is 0 Å². The highest BCUT2D eigenvalue weighted by Gasteiger charge is 2.37. The molecule has 5 nitrogen and oxygen atoms in total. The average Bonchev–Trinajstić information content (AvgIpc) is 3.74. The first-order valence-electron chi connectivity index (χ1n) is 17.7. The van der Waals surface area contributed by atoms with Crippen molar-refractivity contribution >= 4 is 49.3 Å². The molecule has 0 radical (unpaired) electrons. The second kappa shape index (κ2) is 13.2. The summed E-state index contributed by atoms with van der Waals surface area (Å²) >= 11 is 0. The molecule has 0 saturated carbocycles. The zero-order valence-corrected chi connectivity index (χ0v) is 29.8. The van der Waals surface area contributed by atoms with E-state index in [0.717, 1.165) is 32.6 Å². The second-order valence-corrected chi connectivity index (χ2v) is 13.7. The summed E-state index contributed by atoms with van der Waals surface area (Å²) in [6.07, 6.45) is -10.1. The van der Waals surface area contributed by atoms with Gasteiger partial charge in [-0.05, 0) is 101 Å². The first kappa shape index (κ1) is 35.9. The van der Waals surface area contributed by atoms with Gasteiger partial charge in [0.2, 0.25) is 0 Å². The number of hydrogen-bond donors (Lipinski definition) is 0. The van der Waals surface area contributed by atoms with Gasteiger partial charge in [-0.1, -0.05) is 54.6 Å². The quantitative estimate of drug-likeness (QED) is 0.132. The number of aromatic nitrogens is 2. The third-order valence-electron chi connectivity index (χ3n) is 10.4. The first-order chi connectivity index (χ1) is 27.9. The fraction of sp³-hybridized carbons (Fsp3) is 0.0426. The molecule has 0 spiro atoms. The lowest BCUT2D eigenvalue weighted by Crippen LogP contribution is -2.11. The van der Waals surface area contributed by atoms with Gasteiger partial charge in [0.25, 0.3) is 0 Å². The Kier molecular flexibility index (Phi) is 8.13. The van der Waals surface area contributed by atoms with E-state index in [4.69, 9.17) is 6.57 Å². The van der Waals surface area contributed by atoms with E-state index in [9.17, 15) is 36.9 Å². The van der Waals surface area contributed by atoms with Gasteiger partial charge in [0.15, 0.2) is 5.69 Å². The summed E-state index contributed by atoms with van der Waals surface area (Å²) < 4.78 is 88.8. The molecule has 0 aliphatic rings. The Morgan fingerprint density at radius 2 is 1.00 bits per heavy atom. The number of benzene rings is 7. The van der Waals surface area contributed by atoms with Crippen LogP contribution in [0.3, 0.4) is 0 Å². The van der Waals surface area contributed by atoms with Crippen molar-refractivity contribution in [3.63, 3.8) is 0 Å². The van der Waals surface area contributed by atoms with Crippen molar-refractivity contribution in [2.45, 2.75) is 12.4 Å². The Morgan fingerprint density at radius 3 is 1.60 bits per heavy atom. The third-order valence-corrected chi connectivity index (χ3v) is 10.4. The molecule has 2 aromatic heterocycles. The molecule has 278 valence electrons. The maximum Gasteiger partial charge on any atom is 0.416 e. The monoisotopic (exact) mass is 771 g/mol. The molecule has 0 aliphatic carbocycles. The van der Waals surface area contributed by atoms with E-state index in [1.54, 1.807) is 60.7 Å². The summed E-state index contributed by atoms with van der Waals surface area (Å²) in [7, 11) is 0. The zero-order chi connectivity index (χ0) is 40.5. The third kappa shape index (κ3) is 5.79. The Balaban J connectivity index is 1.42. The van der Waals surface area contributed by atoms with Gasteiger partial charge < -0.3 is 9.13 Å². The van der Waals surface area contributed by atoms with E-state index < -0.39 is 23.5 Å². The van der Waals surface area contributed by atoms with Crippen LogP contribution in [0.4, 0.5) is 32.0 Å². The maximum absolute atomic E-state index is 14.1. The average molecular weight is 772 g/mol. The smallest absolute Gasteiger partial charge is 0.309 e. The van der Waals surface area contributed by atoms with Crippen molar-refractivity contribution in [2.75, 3.05) is 0 Å². The predicted molar refractivity (Wildman–Crippen MR) is 212 cm³/mol. The maximum atomic E-state index is 14.1. The van der Waals surface area contributed by atoms with Crippen LogP contribution in [0.25, 0.3) is 82.1 Å².